The van der Waals surface area contributed by atoms with E-state index in [9.17, 15) is 9.59 Å². The summed E-state index contributed by atoms with van der Waals surface area (Å²) in [5, 5.41) is 6.57. The lowest BCUT2D eigenvalue weighted by Gasteiger charge is -2.13. The Balaban J connectivity index is 1.55. The molecule has 0 saturated heterocycles. The smallest absolute Gasteiger partial charge is 0.345 e. The average molecular weight is 507 g/mol. The van der Waals surface area contributed by atoms with Crippen molar-refractivity contribution in [2.75, 3.05) is 0 Å². The van der Waals surface area contributed by atoms with Crippen LogP contribution in [0.25, 0.3) is 10.8 Å². The van der Waals surface area contributed by atoms with E-state index in [1.165, 1.54) is 6.21 Å². The quantitative estimate of drug-likeness (QED) is 0.138. The molecule has 4 rings (SSSR count). The van der Waals surface area contributed by atoms with Gasteiger partial charge in [-0.05, 0) is 54.1 Å². The molecule has 4 aromatic rings. The molecule has 0 bridgehead atoms. The molecule has 1 N–H and O–H groups in total. The minimum Gasteiger partial charge on any atom is -0.481 e. The minimum atomic E-state index is -0.823. The third-order valence-electron chi connectivity index (χ3n) is 5.07. The second kappa shape index (κ2) is 11.0. The number of rotatable bonds is 7. The van der Waals surface area contributed by atoms with Crippen LogP contribution >= 0.6 is 23.2 Å². The van der Waals surface area contributed by atoms with E-state index in [1.807, 2.05) is 30.3 Å². The van der Waals surface area contributed by atoms with Gasteiger partial charge in [-0.1, -0.05) is 71.7 Å². The molecule has 0 aliphatic rings. The molecule has 8 heteroatoms. The molecule has 0 unspecified atom stereocenters. The Morgan fingerprint density at radius 2 is 1.71 bits per heavy atom. The summed E-state index contributed by atoms with van der Waals surface area (Å²) in [5.41, 5.74) is 3.22. The Kier molecular flexibility index (Phi) is 7.65. The number of halogens is 2. The molecule has 0 aliphatic heterocycles. The molecule has 1 atom stereocenters. The van der Waals surface area contributed by atoms with Crippen molar-refractivity contribution in [3.8, 4) is 11.5 Å². The topological polar surface area (TPSA) is 77.0 Å². The highest BCUT2D eigenvalue weighted by molar-refractivity contribution is 6.33. The molecule has 0 saturated carbocycles. The largest absolute Gasteiger partial charge is 0.481 e. The van der Waals surface area contributed by atoms with Crippen molar-refractivity contribution < 1.29 is 19.1 Å². The van der Waals surface area contributed by atoms with Gasteiger partial charge in [-0.25, -0.2) is 10.2 Å². The van der Waals surface area contributed by atoms with Crippen LogP contribution in [0.15, 0.2) is 90.0 Å². The van der Waals surface area contributed by atoms with E-state index in [2.05, 4.69) is 10.5 Å². The van der Waals surface area contributed by atoms with Crippen molar-refractivity contribution in [3.05, 3.63) is 106 Å². The summed E-state index contributed by atoms with van der Waals surface area (Å²) in [7, 11) is 0. The lowest BCUT2D eigenvalue weighted by molar-refractivity contribution is -0.127. The van der Waals surface area contributed by atoms with E-state index in [1.54, 1.807) is 61.5 Å². The van der Waals surface area contributed by atoms with Crippen LogP contribution in [0.4, 0.5) is 0 Å². The van der Waals surface area contributed by atoms with Crippen molar-refractivity contribution in [2.24, 2.45) is 5.10 Å². The first-order valence-corrected chi connectivity index (χ1v) is 11.4. The third kappa shape index (κ3) is 5.98. The number of carbonyl (C=O) groups is 2. The van der Waals surface area contributed by atoms with E-state index in [0.29, 0.717) is 16.3 Å². The standard InChI is InChI=1S/C27H20Cl2N2O4/c1-17(34-20-9-6-8-19(28)15-20)26(32)31-30-16-23-21-10-3-2-7-18(21)13-14-25(23)35-27(33)22-11-4-5-12-24(22)29/h2-17H,1H3,(H,31,32)/b30-16-/t17-/m0/s1. The Labute approximate surface area is 212 Å². The third-order valence-corrected chi connectivity index (χ3v) is 5.64. The predicted octanol–water partition coefficient (Wildman–Crippen LogP) is 6.28. The Hall–Kier alpha value is -3.87. The lowest BCUT2D eigenvalue weighted by atomic mass is 10.0. The summed E-state index contributed by atoms with van der Waals surface area (Å²) in [4.78, 5) is 25.2. The SMILES string of the molecule is C[C@H](Oc1cccc(Cl)c1)C(=O)N/N=C\c1c(OC(=O)c2ccccc2Cl)ccc2ccccc12. The maximum Gasteiger partial charge on any atom is 0.345 e. The van der Waals surface area contributed by atoms with Gasteiger partial charge in [-0.3, -0.25) is 4.79 Å². The van der Waals surface area contributed by atoms with Crippen LogP contribution in [0.5, 0.6) is 11.5 Å². The van der Waals surface area contributed by atoms with E-state index < -0.39 is 18.0 Å². The molecule has 0 spiro atoms. The molecule has 4 aromatic carbocycles. The van der Waals surface area contributed by atoms with Gasteiger partial charge in [0.2, 0.25) is 0 Å². The van der Waals surface area contributed by atoms with Crippen LogP contribution in [0.3, 0.4) is 0 Å². The van der Waals surface area contributed by atoms with Gasteiger partial charge >= 0.3 is 5.97 Å². The van der Waals surface area contributed by atoms with Crippen LogP contribution in [0, 0.1) is 0 Å². The zero-order chi connectivity index (χ0) is 24.8. The second-order valence-corrected chi connectivity index (χ2v) is 8.36. The summed E-state index contributed by atoms with van der Waals surface area (Å²) in [6.45, 7) is 1.60. The summed E-state index contributed by atoms with van der Waals surface area (Å²) in [6, 6.07) is 24.4. The zero-order valence-electron chi connectivity index (χ0n) is 18.6. The predicted molar refractivity (Wildman–Crippen MR) is 138 cm³/mol. The number of nitrogens with one attached hydrogen (secondary N) is 1. The summed E-state index contributed by atoms with van der Waals surface area (Å²) < 4.78 is 11.3. The second-order valence-electron chi connectivity index (χ2n) is 7.52. The van der Waals surface area contributed by atoms with E-state index in [4.69, 9.17) is 32.7 Å². The first-order valence-electron chi connectivity index (χ1n) is 10.7. The molecule has 35 heavy (non-hydrogen) atoms. The number of benzene rings is 4. The van der Waals surface area contributed by atoms with Gasteiger partial charge < -0.3 is 9.47 Å². The molecular formula is C27H20Cl2N2O4. The number of ether oxygens (including phenoxy) is 2. The summed E-state index contributed by atoms with van der Waals surface area (Å²) in [6.07, 6.45) is 0.609. The van der Waals surface area contributed by atoms with Crippen LogP contribution in [0.2, 0.25) is 10.0 Å². The summed E-state index contributed by atoms with van der Waals surface area (Å²) >= 11 is 12.1. The maximum absolute atomic E-state index is 12.7. The number of hydrazone groups is 1. The van der Waals surface area contributed by atoms with Gasteiger partial charge in [-0.15, -0.1) is 0 Å². The fourth-order valence-corrected chi connectivity index (χ4v) is 3.72. The van der Waals surface area contributed by atoms with E-state index >= 15 is 0 Å². The fourth-order valence-electron chi connectivity index (χ4n) is 3.33. The molecule has 0 heterocycles. The van der Waals surface area contributed by atoms with Crippen LogP contribution in [-0.4, -0.2) is 24.2 Å². The molecule has 0 radical (unpaired) electrons. The van der Waals surface area contributed by atoms with Gasteiger partial charge in [0.1, 0.15) is 11.5 Å². The number of hydrogen-bond acceptors (Lipinski definition) is 5. The highest BCUT2D eigenvalue weighted by Gasteiger charge is 2.17. The fraction of sp³-hybridized carbons (Fsp3) is 0.0741. The summed E-state index contributed by atoms with van der Waals surface area (Å²) in [5.74, 6) is -0.328. The number of fused-ring (bicyclic) bond motifs is 1. The van der Waals surface area contributed by atoms with Crippen molar-refractivity contribution in [1.82, 2.24) is 5.43 Å². The number of carbonyl (C=O) groups excluding carboxylic acids is 2. The van der Waals surface area contributed by atoms with Crippen molar-refractivity contribution in [1.29, 1.82) is 0 Å². The van der Waals surface area contributed by atoms with Gasteiger partial charge in [-0.2, -0.15) is 5.10 Å². The molecule has 0 aromatic heterocycles. The van der Waals surface area contributed by atoms with Crippen molar-refractivity contribution in [3.63, 3.8) is 0 Å². The van der Waals surface area contributed by atoms with Crippen LogP contribution in [0.1, 0.15) is 22.8 Å². The Morgan fingerprint density at radius 1 is 0.943 bits per heavy atom. The van der Waals surface area contributed by atoms with Crippen molar-refractivity contribution in [2.45, 2.75) is 13.0 Å². The van der Waals surface area contributed by atoms with E-state index in [0.717, 1.165) is 10.8 Å². The Morgan fingerprint density at radius 3 is 2.51 bits per heavy atom. The van der Waals surface area contributed by atoms with Gasteiger partial charge in [0, 0.05) is 10.6 Å². The number of nitrogens with zero attached hydrogens (tertiary/aromatic N) is 1. The van der Waals surface area contributed by atoms with Gasteiger partial charge in [0.15, 0.2) is 6.10 Å². The van der Waals surface area contributed by atoms with Gasteiger partial charge in [0.25, 0.3) is 5.91 Å². The molecule has 1 amide bonds. The highest BCUT2D eigenvalue weighted by Crippen LogP contribution is 2.28. The average Bonchev–Trinajstić information content (AvgIpc) is 2.85. The highest BCUT2D eigenvalue weighted by atomic mass is 35.5. The first kappa shape index (κ1) is 24.3. The molecule has 0 fully saturated rings. The van der Waals surface area contributed by atoms with Crippen LogP contribution in [-0.2, 0) is 4.79 Å². The number of esters is 1. The maximum atomic E-state index is 12.7. The number of hydrogen-bond donors (Lipinski definition) is 1. The molecule has 176 valence electrons. The normalized spacial score (nSPS) is 11.9. The minimum absolute atomic E-state index is 0.241. The van der Waals surface area contributed by atoms with Crippen LogP contribution < -0.4 is 14.9 Å². The molecule has 6 nitrogen and oxygen atoms in total. The van der Waals surface area contributed by atoms with Gasteiger partial charge in [0.05, 0.1) is 16.8 Å². The first-order chi connectivity index (χ1) is 16.9. The molecule has 0 aliphatic carbocycles. The van der Waals surface area contributed by atoms with E-state index in [-0.39, 0.29) is 16.3 Å². The molecular weight excluding hydrogens is 487 g/mol. The zero-order valence-corrected chi connectivity index (χ0v) is 20.1. The van der Waals surface area contributed by atoms with Crippen molar-refractivity contribution >= 4 is 52.1 Å². The number of amides is 1. The monoisotopic (exact) mass is 506 g/mol. The Bertz CT molecular complexity index is 1420. The lowest BCUT2D eigenvalue weighted by Crippen LogP contribution is -2.33.